The van der Waals surface area contributed by atoms with Gasteiger partial charge in [-0.3, -0.25) is 0 Å². The molecule has 0 amide bonds. The van der Waals surface area contributed by atoms with Crippen LogP contribution in [0.2, 0.25) is 0 Å². The summed E-state index contributed by atoms with van der Waals surface area (Å²) in [7, 11) is 0. The second kappa shape index (κ2) is 4.94. The third-order valence-corrected chi connectivity index (χ3v) is 2.49. The van der Waals surface area contributed by atoms with Crippen molar-refractivity contribution in [1.82, 2.24) is 0 Å². The van der Waals surface area contributed by atoms with E-state index in [1.807, 2.05) is 0 Å². The number of hydrogen-bond acceptors (Lipinski definition) is 1. The van der Waals surface area contributed by atoms with E-state index in [1.165, 1.54) is 16.7 Å². The lowest BCUT2D eigenvalue weighted by Crippen LogP contribution is -1.99. The minimum absolute atomic E-state index is 0.878. The summed E-state index contributed by atoms with van der Waals surface area (Å²) in [5.74, 6) is 0. The van der Waals surface area contributed by atoms with E-state index in [0.29, 0.717) is 0 Å². The highest BCUT2D eigenvalue weighted by atomic mass is 16.1. The van der Waals surface area contributed by atoms with Crippen LogP contribution in [0.4, 0.5) is 0 Å². The van der Waals surface area contributed by atoms with Crippen LogP contribution in [0.5, 0.6) is 0 Å². The molecule has 0 N–H and O–H groups in total. The average molecular weight is 189 g/mol. The van der Waals surface area contributed by atoms with Gasteiger partial charge in [-0.15, -0.1) is 0 Å². The van der Waals surface area contributed by atoms with Crippen molar-refractivity contribution < 1.29 is 4.79 Å². The largest absolute Gasteiger partial charge is 0.303 e. The van der Waals surface area contributed by atoms with E-state index in [-0.39, 0.29) is 0 Å². The van der Waals surface area contributed by atoms with Crippen LogP contribution < -0.4 is 0 Å². The second-order valence-electron chi connectivity index (χ2n) is 3.51. The third kappa shape index (κ3) is 2.22. The Balaban J connectivity index is 3.24. The van der Waals surface area contributed by atoms with Gasteiger partial charge in [-0.1, -0.05) is 31.5 Å². The van der Waals surface area contributed by atoms with E-state index in [1.54, 1.807) is 6.42 Å². The fourth-order valence-corrected chi connectivity index (χ4v) is 1.82. The van der Waals surface area contributed by atoms with Crippen LogP contribution in [-0.2, 0) is 17.6 Å². The minimum atomic E-state index is 0.878. The fraction of sp³-hybridized carbons (Fsp3) is 0.385. The molecule has 75 valence electrons. The van der Waals surface area contributed by atoms with Crippen molar-refractivity contribution in [2.45, 2.75) is 33.6 Å². The highest BCUT2D eigenvalue weighted by Crippen LogP contribution is 2.20. The quantitative estimate of drug-likeness (QED) is 0.666. The van der Waals surface area contributed by atoms with Gasteiger partial charge in [-0.25, -0.2) is 0 Å². The van der Waals surface area contributed by atoms with Gasteiger partial charge in [-0.2, -0.15) is 0 Å². The monoisotopic (exact) mass is 189 g/mol. The van der Waals surface area contributed by atoms with Crippen molar-refractivity contribution in [3.8, 4) is 0 Å². The number of aryl methyl sites for hydroxylation is 3. The molecule has 14 heavy (non-hydrogen) atoms. The summed E-state index contributed by atoms with van der Waals surface area (Å²) in [5, 5.41) is 0. The van der Waals surface area contributed by atoms with Crippen LogP contribution in [0.1, 0.15) is 36.1 Å². The molecule has 1 radical (unpaired) electrons. The van der Waals surface area contributed by atoms with Gasteiger partial charge < -0.3 is 4.79 Å². The van der Waals surface area contributed by atoms with E-state index in [2.05, 4.69) is 32.9 Å². The molecule has 0 aliphatic carbocycles. The number of carbonyl (C=O) groups is 1. The van der Waals surface area contributed by atoms with Crippen LogP contribution in [0.15, 0.2) is 12.1 Å². The van der Waals surface area contributed by atoms with Crippen LogP contribution in [0.3, 0.4) is 0 Å². The summed E-state index contributed by atoms with van der Waals surface area (Å²) in [6, 6.07) is 4.32. The topological polar surface area (TPSA) is 17.1 Å². The Bertz CT molecular complexity index is 301. The lowest BCUT2D eigenvalue weighted by Gasteiger charge is -2.11. The maximum Gasteiger partial charge on any atom is 0.128 e. The van der Waals surface area contributed by atoms with Gasteiger partial charge in [0.1, 0.15) is 6.29 Å². The predicted octanol–water partition coefficient (Wildman–Crippen LogP) is 2.87. The fourth-order valence-electron chi connectivity index (χ4n) is 1.82. The predicted molar refractivity (Wildman–Crippen MR) is 59.4 cm³/mol. The number of aldehydes is 1. The lowest BCUT2D eigenvalue weighted by molar-refractivity contribution is -0.104. The number of carbonyl (C=O) groups excluding carboxylic acids is 1. The standard InChI is InChI=1S/C13H17O/c1-4-11-8-10(3)9-12(5-2)13(11)6-7-14/h6-9H,4-5H2,1-3H3. The zero-order valence-corrected chi connectivity index (χ0v) is 9.13. The summed E-state index contributed by atoms with van der Waals surface area (Å²) in [6.45, 7) is 6.34. The highest BCUT2D eigenvalue weighted by molar-refractivity contribution is 5.70. The van der Waals surface area contributed by atoms with Crippen LogP contribution >= 0.6 is 0 Å². The van der Waals surface area contributed by atoms with Crippen LogP contribution in [-0.4, -0.2) is 6.29 Å². The van der Waals surface area contributed by atoms with Gasteiger partial charge in [0.15, 0.2) is 0 Å². The summed E-state index contributed by atoms with van der Waals surface area (Å²) in [4.78, 5) is 10.5. The maximum atomic E-state index is 10.5. The zero-order valence-electron chi connectivity index (χ0n) is 9.13. The normalized spacial score (nSPS) is 10.2. The second-order valence-corrected chi connectivity index (χ2v) is 3.51. The summed E-state index contributed by atoms with van der Waals surface area (Å²) < 4.78 is 0. The van der Waals surface area contributed by atoms with Gasteiger partial charge in [0.05, 0.1) is 6.42 Å². The van der Waals surface area contributed by atoms with Gasteiger partial charge in [-0.05, 0) is 36.5 Å². The Morgan fingerprint density at radius 2 is 1.64 bits per heavy atom. The molecule has 1 heteroatoms. The molecule has 0 aliphatic heterocycles. The highest BCUT2D eigenvalue weighted by Gasteiger charge is 2.06. The number of hydrogen-bond donors (Lipinski definition) is 0. The van der Waals surface area contributed by atoms with Gasteiger partial charge >= 0.3 is 0 Å². The van der Waals surface area contributed by atoms with Crippen LogP contribution in [0.25, 0.3) is 0 Å². The third-order valence-electron chi connectivity index (χ3n) is 2.49. The van der Waals surface area contributed by atoms with Crippen molar-refractivity contribution >= 4 is 6.29 Å². The maximum absolute atomic E-state index is 10.5. The number of rotatable bonds is 4. The molecule has 1 aromatic rings. The Labute approximate surface area is 86.1 Å². The Morgan fingerprint density at radius 3 is 2.00 bits per heavy atom. The summed E-state index contributed by atoms with van der Waals surface area (Å²) in [6.07, 6.45) is 4.52. The average Bonchev–Trinajstić information content (AvgIpc) is 2.20. The summed E-state index contributed by atoms with van der Waals surface area (Å²) in [5.41, 5.74) is 4.94. The summed E-state index contributed by atoms with van der Waals surface area (Å²) >= 11 is 0. The molecule has 1 rings (SSSR count). The van der Waals surface area contributed by atoms with Gasteiger partial charge in [0, 0.05) is 0 Å². The van der Waals surface area contributed by atoms with E-state index < -0.39 is 0 Å². The van der Waals surface area contributed by atoms with Gasteiger partial charge in [0.2, 0.25) is 0 Å². The van der Waals surface area contributed by atoms with E-state index in [4.69, 9.17) is 0 Å². The van der Waals surface area contributed by atoms with Crippen molar-refractivity contribution in [3.05, 3.63) is 40.8 Å². The molecule has 0 saturated heterocycles. The molecule has 0 aromatic heterocycles. The minimum Gasteiger partial charge on any atom is -0.303 e. The molecule has 0 atom stereocenters. The molecule has 0 aliphatic rings. The van der Waals surface area contributed by atoms with Crippen LogP contribution in [0, 0.1) is 13.3 Å². The molecule has 1 nitrogen and oxygen atoms in total. The first-order valence-corrected chi connectivity index (χ1v) is 5.13. The van der Waals surface area contributed by atoms with Crippen molar-refractivity contribution in [2.75, 3.05) is 0 Å². The molecule has 0 saturated carbocycles. The Kier molecular flexibility index (Phi) is 3.87. The lowest BCUT2D eigenvalue weighted by atomic mass is 9.93. The Morgan fingerprint density at radius 1 is 1.14 bits per heavy atom. The SMILES string of the molecule is CCc1cc(C)cc(CC)c1[CH]C=O. The van der Waals surface area contributed by atoms with E-state index >= 15 is 0 Å². The van der Waals surface area contributed by atoms with Crippen molar-refractivity contribution in [1.29, 1.82) is 0 Å². The van der Waals surface area contributed by atoms with E-state index in [0.717, 1.165) is 24.7 Å². The first kappa shape index (κ1) is 11.0. The molecular weight excluding hydrogens is 172 g/mol. The molecule has 0 heterocycles. The Hall–Kier alpha value is -1.11. The molecular formula is C13H17O. The van der Waals surface area contributed by atoms with Crippen molar-refractivity contribution in [2.24, 2.45) is 0 Å². The molecule has 1 aromatic carbocycles. The first-order chi connectivity index (χ1) is 6.72. The number of benzene rings is 1. The first-order valence-electron chi connectivity index (χ1n) is 5.13. The van der Waals surface area contributed by atoms with Crippen molar-refractivity contribution in [3.63, 3.8) is 0 Å². The smallest absolute Gasteiger partial charge is 0.128 e. The molecule has 0 unspecified atom stereocenters. The zero-order chi connectivity index (χ0) is 10.6. The molecule has 0 spiro atoms. The molecule has 0 bridgehead atoms. The van der Waals surface area contributed by atoms with E-state index in [9.17, 15) is 4.79 Å². The molecule has 0 fully saturated rings. The van der Waals surface area contributed by atoms with Gasteiger partial charge in [0.25, 0.3) is 0 Å².